The van der Waals surface area contributed by atoms with Crippen molar-refractivity contribution < 1.29 is 14.4 Å². The minimum Gasteiger partial charge on any atom is -0.322 e. The molecule has 0 aromatic heterocycles. The third-order valence-electron chi connectivity index (χ3n) is 6.00. The van der Waals surface area contributed by atoms with E-state index in [4.69, 9.17) is 0 Å². The molecule has 2 unspecified atom stereocenters. The summed E-state index contributed by atoms with van der Waals surface area (Å²) in [5.74, 6) is -0.745. The van der Waals surface area contributed by atoms with Crippen LogP contribution in [-0.4, -0.2) is 47.8 Å². The molecule has 0 spiro atoms. The van der Waals surface area contributed by atoms with Gasteiger partial charge in [-0.05, 0) is 56.0 Å². The molecule has 0 bridgehead atoms. The summed E-state index contributed by atoms with van der Waals surface area (Å²) in [6, 6.07) is 5.98. The lowest BCUT2D eigenvalue weighted by Gasteiger charge is -2.29. The van der Waals surface area contributed by atoms with Crippen molar-refractivity contribution in [3.63, 3.8) is 0 Å². The van der Waals surface area contributed by atoms with Crippen molar-refractivity contribution in [3.05, 3.63) is 34.9 Å². The second-order valence-corrected chi connectivity index (χ2v) is 8.00. The fraction of sp³-hybridized carbons (Fsp3) is 0.571. The Hall–Kier alpha value is -2.25. The Morgan fingerprint density at radius 1 is 1.14 bits per heavy atom. The Morgan fingerprint density at radius 2 is 2.04 bits per heavy atom. The second kappa shape index (κ2) is 8.41. The zero-order valence-corrected chi connectivity index (χ0v) is 16.1. The Morgan fingerprint density at radius 3 is 2.82 bits per heavy atom. The lowest BCUT2D eigenvalue weighted by molar-refractivity contribution is -0.136. The van der Waals surface area contributed by atoms with Crippen LogP contribution in [0, 0.1) is 0 Å². The number of carbonyl (C=O) groups excluding carboxylic acids is 3. The van der Waals surface area contributed by atoms with Crippen LogP contribution in [0.5, 0.6) is 0 Å². The van der Waals surface area contributed by atoms with E-state index in [0.717, 1.165) is 37.2 Å². The quantitative estimate of drug-likeness (QED) is 0.504. The van der Waals surface area contributed by atoms with Gasteiger partial charge in [0.15, 0.2) is 0 Å². The number of fused-ring (bicyclic) bond motifs is 1. The van der Waals surface area contributed by atoms with Crippen molar-refractivity contribution in [2.75, 3.05) is 13.1 Å². The first-order chi connectivity index (χ1) is 13.6. The van der Waals surface area contributed by atoms with Crippen molar-refractivity contribution in [1.29, 1.82) is 0 Å². The number of benzene rings is 1. The van der Waals surface area contributed by atoms with Crippen LogP contribution in [0.15, 0.2) is 18.2 Å². The highest BCUT2D eigenvalue weighted by molar-refractivity contribution is 6.05. The maximum atomic E-state index is 12.7. The molecular weight excluding hydrogens is 356 g/mol. The molecule has 2 fully saturated rings. The van der Waals surface area contributed by atoms with Crippen LogP contribution in [-0.2, 0) is 22.7 Å². The third-order valence-corrected chi connectivity index (χ3v) is 6.00. The van der Waals surface area contributed by atoms with Crippen molar-refractivity contribution in [2.45, 2.75) is 63.7 Å². The molecule has 0 aliphatic carbocycles. The fourth-order valence-electron chi connectivity index (χ4n) is 4.42. The molecule has 28 heavy (non-hydrogen) atoms. The predicted octanol–water partition coefficient (Wildman–Crippen LogP) is 1.07. The molecule has 3 aliphatic rings. The predicted molar refractivity (Wildman–Crippen MR) is 104 cm³/mol. The Bertz CT molecular complexity index is 773. The highest BCUT2D eigenvalue weighted by atomic mass is 16.2. The summed E-state index contributed by atoms with van der Waals surface area (Å²) < 4.78 is 0. The van der Waals surface area contributed by atoms with Gasteiger partial charge in [-0.2, -0.15) is 0 Å². The van der Waals surface area contributed by atoms with Gasteiger partial charge < -0.3 is 15.5 Å². The zero-order chi connectivity index (χ0) is 19.5. The molecule has 4 rings (SSSR count). The van der Waals surface area contributed by atoms with Crippen LogP contribution < -0.4 is 16.0 Å². The van der Waals surface area contributed by atoms with Crippen LogP contribution in [0.1, 0.15) is 60.0 Å². The lowest BCUT2D eigenvalue weighted by atomic mass is 10.0. The van der Waals surface area contributed by atoms with E-state index in [1.54, 1.807) is 4.90 Å². The molecule has 150 valence electrons. The molecule has 3 aliphatic heterocycles. The van der Waals surface area contributed by atoms with Gasteiger partial charge in [0.1, 0.15) is 6.04 Å². The maximum absolute atomic E-state index is 12.7. The molecule has 1 aromatic carbocycles. The van der Waals surface area contributed by atoms with Crippen LogP contribution in [0.2, 0.25) is 0 Å². The van der Waals surface area contributed by atoms with Crippen LogP contribution in [0.3, 0.4) is 0 Å². The highest BCUT2D eigenvalue weighted by Crippen LogP contribution is 2.28. The molecular formula is C21H28N4O3. The number of hydrogen-bond acceptors (Lipinski definition) is 5. The van der Waals surface area contributed by atoms with E-state index in [9.17, 15) is 14.4 Å². The van der Waals surface area contributed by atoms with E-state index >= 15 is 0 Å². The van der Waals surface area contributed by atoms with Crippen molar-refractivity contribution >= 4 is 17.7 Å². The minimum absolute atomic E-state index is 0.118. The summed E-state index contributed by atoms with van der Waals surface area (Å²) in [4.78, 5) is 37.8. The standard InChI is InChI=1S/C21H28N4O3/c26-19-7-6-18(20(27)24-19)25-13-15-11-14(4-5-17(15)21(25)28)12-22-10-8-16-3-1-2-9-23-16/h4-5,11,16,18,22-23H,1-3,6-10,12-13H2,(H,24,26,27). The minimum atomic E-state index is -0.554. The Balaban J connectivity index is 1.32. The van der Waals surface area contributed by atoms with E-state index < -0.39 is 6.04 Å². The molecule has 3 heterocycles. The van der Waals surface area contributed by atoms with E-state index in [1.807, 2.05) is 12.1 Å². The molecule has 2 atom stereocenters. The molecule has 3 N–H and O–H groups in total. The van der Waals surface area contributed by atoms with E-state index in [-0.39, 0.29) is 24.1 Å². The van der Waals surface area contributed by atoms with Gasteiger partial charge in [-0.3, -0.25) is 19.7 Å². The normalized spacial score (nSPS) is 25.0. The zero-order valence-electron chi connectivity index (χ0n) is 16.1. The van der Waals surface area contributed by atoms with E-state index in [1.165, 1.54) is 19.3 Å². The van der Waals surface area contributed by atoms with Gasteiger partial charge in [-0.1, -0.05) is 18.6 Å². The fourth-order valence-corrected chi connectivity index (χ4v) is 4.42. The topological polar surface area (TPSA) is 90.5 Å². The lowest BCUT2D eigenvalue weighted by Crippen LogP contribution is -2.52. The SMILES string of the molecule is O=C1CCC(N2Cc3cc(CNCCC4CCCCN4)ccc3C2=O)C(=O)N1. The molecule has 3 amide bonds. The average Bonchev–Trinajstić information content (AvgIpc) is 3.02. The molecule has 0 radical (unpaired) electrons. The van der Waals surface area contributed by atoms with E-state index in [0.29, 0.717) is 24.6 Å². The van der Waals surface area contributed by atoms with Crippen LogP contribution >= 0.6 is 0 Å². The first-order valence-corrected chi connectivity index (χ1v) is 10.3. The molecule has 1 aromatic rings. The van der Waals surface area contributed by atoms with Gasteiger partial charge >= 0.3 is 0 Å². The van der Waals surface area contributed by atoms with Crippen LogP contribution in [0.4, 0.5) is 0 Å². The first-order valence-electron chi connectivity index (χ1n) is 10.3. The summed E-state index contributed by atoms with van der Waals surface area (Å²) in [6.07, 6.45) is 5.68. The number of nitrogens with one attached hydrogen (secondary N) is 3. The number of nitrogens with zero attached hydrogens (tertiary/aromatic N) is 1. The summed E-state index contributed by atoms with van der Waals surface area (Å²) in [5.41, 5.74) is 2.77. The summed E-state index contributed by atoms with van der Waals surface area (Å²) >= 11 is 0. The molecule has 7 heteroatoms. The number of carbonyl (C=O) groups is 3. The molecule has 2 saturated heterocycles. The maximum Gasteiger partial charge on any atom is 0.255 e. The number of piperidine rings is 2. The van der Waals surface area contributed by atoms with Gasteiger partial charge in [0.2, 0.25) is 11.8 Å². The molecule has 0 saturated carbocycles. The van der Waals surface area contributed by atoms with Gasteiger partial charge in [-0.25, -0.2) is 0 Å². The Labute approximate surface area is 165 Å². The first kappa shape index (κ1) is 19.1. The van der Waals surface area contributed by atoms with Gasteiger partial charge in [0.05, 0.1) is 0 Å². The van der Waals surface area contributed by atoms with Gasteiger partial charge in [-0.15, -0.1) is 0 Å². The summed E-state index contributed by atoms with van der Waals surface area (Å²) in [7, 11) is 0. The number of hydrogen-bond donors (Lipinski definition) is 3. The second-order valence-electron chi connectivity index (χ2n) is 8.00. The van der Waals surface area contributed by atoms with Crippen LogP contribution in [0.25, 0.3) is 0 Å². The smallest absolute Gasteiger partial charge is 0.255 e. The van der Waals surface area contributed by atoms with Crippen molar-refractivity contribution in [1.82, 2.24) is 20.9 Å². The van der Waals surface area contributed by atoms with Gasteiger partial charge in [0, 0.05) is 31.1 Å². The number of imide groups is 1. The van der Waals surface area contributed by atoms with E-state index in [2.05, 4.69) is 22.0 Å². The monoisotopic (exact) mass is 384 g/mol. The van der Waals surface area contributed by atoms with Crippen molar-refractivity contribution in [3.8, 4) is 0 Å². The largest absolute Gasteiger partial charge is 0.322 e. The third kappa shape index (κ3) is 4.10. The Kier molecular flexibility index (Phi) is 5.73. The van der Waals surface area contributed by atoms with Gasteiger partial charge in [0.25, 0.3) is 5.91 Å². The average molecular weight is 384 g/mol. The number of amides is 3. The summed E-state index contributed by atoms with van der Waals surface area (Å²) in [6.45, 7) is 3.30. The number of rotatable bonds is 6. The summed E-state index contributed by atoms with van der Waals surface area (Å²) in [5, 5.41) is 9.40. The van der Waals surface area contributed by atoms with Crippen molar-refractivity contribution in [2.24, 2.45) is 0 Å². The molecule has 7 nitrogen and oxygen atoms in total. The highest BCUT2D eigenvalue weighted by Gasteiger charge is 2.38.